The van der Waals surface area contributed by atoms with Crippen molar-refractivity contribution in [2.75, 3.05) is 13.2 Å². The highest BCUT2D eigenvalue weighted by Gasteiger charge is 2.72. The third-order valence-corrected chi connectivity index (χ3v) is 7.58. The molecule has 2 saturated heterocycles. The molecule has 0 bridgehead atoms. The summed E-state index contributed by atoms with van der Waals surface area (Å²) < 4.78 is 23.4. The molecular weight excluding hydrogens is 416 g/mol. The first-order valence-electron chi connectivity index (χ1n) is 11.2. The molecule has 4 rings (SSSR count). The number of aliphatic hydroxyl groups is 1. The molecule has 7 atom stereocenters. The summed E-state index contributed by atoms with van der Waals surface area (Å²) in [6.45, 7) is 13.4. The minimum atomic E-state index is -0.672. The van der Waals surface area contributed by atoms with Crippen LogP contribution in [0.3, 0.4) is 0 Å². The van der Waals surface area contributed by atoms with Gasteiger partial charge in [0.2, 0.25) is 0 Å². The average Bonchev–Trinajstić information content (AvgIpc) is 3.41. The Morgan fingerprint density at radius 3 is 2.59 bits per heavy atom. The van der Waals surface area contributed by atoms with E-state index in [4.69, 9.17) is 18.9 Å². The second-order valence-corrected chi connectivity index (χ2v) is 10.3. The van der Waals surface area contributed by atoms with Gasteiger partial charge in [0.1, 0.15) is 18.3 Å². The van der Waals surface area contributed by atoms with Crippen LogP contribution in [0.1, 0.15) is 46.5 Å². The fourth-order valence-electron chi connectivity index (χ4n) is 6.03. The monoisotopic (exact) mass is 448 g/mol. The number of fused-ring (bicyclic) bond motifs is 4. The van der Waals surface area contributed by atoms with Gasteiger partial charge in [-0.25, -0.2) is 9.59 Å². The molecule has 8 nitrogen and oxygen atoms in total. The summed E-state index contributed by atoms with van der Waals surface area (Å²) >= 11 is 0. The summed E-state index contributed by atoms with van der Waals surface area (Å²) in [6, 6.07) is 0. The van der Waals surface area contributed by atoms with Gasteiger partial charge in [0, 0.05) is 23.3 Å². The quantitative estimate of drug-likeness (QED) is 0.285. The van der Waals surface area contributed by atoms with E-state index in [1.165, 1.54) is 0 Å². The van der Waals surface area contributed by atoms with Gasteiger partial charge < -0.3 is 24.1 Å². The average molecular weight is 449 g/mol. The van der Waals surface area contributed by atoms with Gasteiger partial charge in [0.05, 0.1) is 30.3 Å². The van der Waals surface area contributed by atoms with E-state index in [9.17, 15) is 19.5 Å². The van der Waals surface area contributed by atoms with E-state index in [0.717, 1.165) is 0 Å². The summed E-state index contributed by atoms with van der Waals surface area (Å²) in [6.07, 6.45) is 0.124. The molecule has 4 aliphatic rings. The first-order valence-corrected chi connectivity index (χ1v) is 11.2. The smallest absolute Gasteiger partial charge is 0.336 e. The van der Waals surface area contributed by atoms with Gasteiger partial charge in [-0.05, 0) is 25.2 Å². The summed E-state index contributed by atoms with van der Waals surface area (Å²) in [5, 5.41) is 9.27. The van der Waals surface area contributed by atoms with Crippen LogP contribution in [0.25, 0.3) is 0 Å². The van der Waals surface area contributed by atoms with Crippen LogP contribution in [-0.2, 0) is 33.3 Å². The minimum absolute atomic E-state index is 0.0256. The molecule has 176 valence electrons. The van der Waals surface area contributed by atoms with Gasteiger partial charge in [0.25, 0.3) is 0 Å². The van der Waals surface area contributed by atoms with Crippen molar-refractivity contribution in [3.8, 4) is 0 Å². The number of esters is 3. The SMILES string of the molecule is C=C(CO)C(=O)O[C@H]1CC[C@@]2(CO2)[C@@H]2[C@H]3OC(=O)C(=C)[C@@H]3[C@@H](OC(=O)CC(C)C)C[C@@]12C. The van der Waals surface area contributed by atoms with Gasteiger partial charge >= 0.3 is 17.9 Å². The summed E-state index contributed by atoms with van der Waals surface area (Å²) in [5.41, 5.74) is -0.841. The van der Waals surface area contributed by atoms with Crippen molar-refractivity contribution in [3.05, 3.63) is 24.3 Å². The van der Waals surface area contributed by atoms with Gasteiger partial charge in [0.15, 0.2) is 0 Å². The van der Waals surface area contributed by atoms with Crippen molar-refractivity contribution in [1.82, 2.24) is 0 Å². The minimum Gasteiger partial charge on any atom is -0.462 e. The highest BCUT2D eigenvalue weighted by atomic mass is 16.6. The molecule has 0 aromatic rings. The predicted molar refractivity (Wildman–Crippen MR) is 112 cm³/mol. The lowest BCUT2D eigenvalue weighted by Crippen LogP contribution is -2.63. The van der Waals surface area contributed by atoms with Crippen molar-refractivity contribution in [1.29, 1.82) is 0 Å². The molecule has 1 spiro atoms. The highest BCUT2D eigenvalue weighted by Crippen LogP contribution is 2.64. The zero-order valence-electron chi connectivity index (χ0n) is 18.9. The van der Waals surface area contributed by atoms with Gasteiger partial charge in [-0.2, -0.15) is 0 Å². The zero-order valence-corrected chi connectivity index (χ0v) is 18.9. The van der Waals surface area contributed by atoms with Crippen molar-refractivity contribution in [3.63, 3.8) is 0 Å². The number of hydrogen-bond acceptors (Lipinski definition) is 8. The number of carbonyl (C=O) groups is 3. The Morgan fingerprint density at radius 2 is 2.00 bits per heavy atom. The van der Waals surface area contributed by atoms with E-state index in [1.54, 1.807) is 0 Å². The first-order chi connectivity index (χ1) is 15.0. The number of hydrogen-bond donors (Lipinski definition) is 1. The van der Waals surface area contributed by atoms with E-state index in [-0.39, 0.29) is 29.8 Å². The van der Waals surface area contributed by atoms with Crippen LogP contribution in [0.5, 0.6) is 0 Å². The molecule has 0 unspecified atom stereocenters. The predicted octanol–water partition coefficient (Wildman–Crippen LogP) is 2.09. The van der Waals surface area contributed by atoms with Gasteiger partial charge in [-0.3, -0.25) is 4.79 Å². The van der Waals surface area contributed by atoms with Crippen molar-refractivity contribution in [2.45, 2.75) is 70.4 Å². The first kappa shape index (κ1) is 23.0. The molecule has 0 amide bonds. The molecule has 2 aliphatic carbocycles. The van der Waals surface area contributed by atoms with E-state index < -0.39 is 53.8 Å². The standard InChI is InChI=1S/C24H32O8/c1-12(2)8-17(26)30-15-9-23(5)16(31-21(27)13(3)10-25)6-7-24(11-29-24)20(23)19-18(15)14(4)22(28)32-19/h12,15-16,18-20,25H,3-4,6-11H2,1-2,5H3/t15-,16-,18+,19-,20+,23-,24+/m0/s1. The topological polar surface area (TPSA) is 112 Å². The van der Waals surface area contributed by atoms with Crippen LogP contribution in [0.15, 0.2) is 24.3 Å². The summed E-state index contributed by atoms with van der Waals surface area (Å²) in [7, 11) is 0. The van der Waals surface area contributed by atoms with E-state index in [1.807, 2.05) is 20.8 Å². The Labute approximate surface area is 187 Å². The lowest BCUT2D eigenvalue weighted by molar-refractivity contribution is -0.209. The van der Waals surface area contributed by atoms with Gasteiger partial charge in [-0.1, -0.05) is 33.9 Å². The Kier molecular flexibility index (Phi) is 5.74. The number of ether oxygens (including phenoxy) is 4. The largest absolute Gasteiger partial charge is 0.462 e. The zero-order chi connectivity index (χ0) is 23.4. The molecule has 2 aliphatic heterocycles. The van der Waals surface area contributed by atoms with Crippen LogP contribution in [0.4, 0.5) is 0 Å². The van der Waals surface area contributed by atoms with Crippen molar-refractivity contribution >= 4 is 17.9 Å². The van der Waals surface area contributed by atoms with Crippen LogP contribution >= 0.6 is 0 Å². The maximum Gasteiger partial charge on any atom is 0.336 e. The van der Waals surface area contributed by atoms with Crippen molar-refractivity contribution < 1.29 is 38.4 Å². The molecular formula is C24H32O8. The fourth-order valence-corrected chi connectivity index (χ4v) is 6.03. The molecule has 32 heavy (non-hydrogen) atoms. The fraction of sp³-hybridized carbons (Fsp3) is 0.708. The molecule has 0 aromatic heterocycles. The molecule has 0 aromatic carbocycles. The Hall–Kier alpha value is -2.19. The molecule has 4 fully saturated rings. The number of aliphatic hydroxyl groups excluding tert-OH is 1. The number of epoxide rings is 1. The number of carbonyl (C=O) groups excluding carboxylic acids is 3. The van der Waals surface area contributed by atoms with Crippen molar-refractivity contribution in [2.24, 2.45) is 23.2 Å². The van der Waals surface area contributed by atoms with E-state index in [2.05, 4.69) is 13.2 Å². The Bertz CT molecular complexity index is 856. The van der Waals surface area contributed by atoms with Crippen LogP contribution in [0.2, 0.25) is 0 Å². The highest BCUT2D eigenvalue weighted by molar-refractivity contribution is 5.91. The van der Waals surface area contributed by atoms with Crippen LogP contribution in [0, 0.1) is 23.2 Å². The lowest BCUT2D eigenvalue weighted by Gasteiger charge is -2.56. The normalized spacial score (nSPS) is 39.8. The van der Waals surface area contributed by atoms with Gasteiger partial charge in [-0.15, -0.1) is 0 Å². The molecule has 2 saturated carbocycles. The summed E-state index contributed by atoms with van der Waals surface area (Å²) in [4.78, 5) is 37.5. The maximum absolute atomic E-state index is 12.6. The van der Waals surface area contributed by atoms with Crippen LogP contribution < -0.4 is 0 Å². The van der Waals surface area contributed by atoms with E-state index >= 15 is 0 Å². The molecule has 0 radical (unpaired) electrons. The third-order valence-electron chi connectivity index (χ3n) is 7.58. The van der Waals surface area contributed by atoms with Crippen LogP contribution in [-0.4, -0.2) is 60.1 Å². The van der Waals surface area contributed by atoms with E-state index in [0.29, 0.717) is 31.4 Å². The number of rotatable bonds is 6. The Balaban J connectivity index is 1.68. The summed E-state index contributed by atoms with van der Waals surface area (Å²) in [5.74, 6) is -2.05. The Morgan fingerprint density at radius 1 is 1.31 bits per heavy atom. The lowest BCUT2D eigenvalue weighted by atomic mass is 9.51. The third kappa shape index (κ3) is 3.67. The maximum atomic E-state index is 12.6. The molecule has 8 heteroatoms. The second kappa shape index (κ2) is 7.99. The second-order valence-electron chi connectivity index (χ2n) is 10.3. The molecule has 2 heterocycles. The molecule has 1 N–H and O–H groups in total.